The minimum Gasteiger partial charge on any atom is -0.508 e. The number of aromatic hydroxyl groups is 1. The summed E-state index contributed by atoms with van der Waals surface area (Å²) >= 11 is 0. The third-order valence-corrected chi connectivity index (χ3v) is 7.06. The molecule has 0 saturated carbocycles. The molecule has 0 radical (unpaired) electrons. The van der Waals surface area contributed by atoms with E-state index in [1.165, 1.54) is 12.1 Å². The van der Waals surface area contributed by atoms with Gasteiger partial charge in [-0.05, 0) is 48.5 Å². The molecule has 0 bridgehead atoms. The summed E-state index contributed by atoms with van der Waals surface area (Å²) in [4.78, 5) is 36.4. The minimum absolute atomic E-state index is 0.00971. The highest BCUT2D eigenvalue weighted by molar-refractivity contribution is 6.25. The average Bonchev–Trinajstić information content (AvgIpc) is 3.04. The van der Waals surface area contributed by atoms with E-state index in [2.05, 4.69) is 9.88 Å². The molecule has 1 atom stereocenters. The van der Waals surface area contributed by atoms with Crippen molar-refractivity contribution >= 4 is 28.5 Å². The lowest BCUT2D eigenvalue weighted by Crippen LogP contribution is -2.47. The molecule has 1 fully saturated rings. The number of nitrogens with zero attached hydrogens (tertiary/aromatic N) is 3. The van der Waals surface area contributed by atoms with Gasteiger partial charge >= 0.3 is 0 Å². The number of hydrogen-bond donors (Lipinski definition) is 1. The van der Waals surface area contributed by atoms with Gasteiger partial charge in [0.2, 0.25) is 0 Å². The van der Waals surface area contributed by atoms with Gasteiger partial charge in [-0.25, -0.2) is 0 Å². The van der Waals surface area contributed by atoms with E-state index < -0.39 is 5.92 Å². The summed E-state index contributed by atoms with van der Waals surface area (Å²) in [5, 5.41) is 10.4. The fraction of sp³-hybridized carbons (Fsp3) is 0.207. The number of likely N-dealkylation sites (N-methyl/N-ethyl adjacent to an activating group) is 1. The topological polar surface area (TPSA) is 86.9 Å². The molecule has 1 aliphatic carbocycles. The van der Waals surface area contributed by atoms with Gasteiger partial charge in [-0.15, -0.1) is 0 Å². The maximum Gasteiger partial charge on any atom is 0.254 e. The molecule has 7 nitrogen and oxygen atoms in total. The quantitative estimate of drug-likeness (QED) is 0.472. The van der Waals surface area contributed by atoms with Crippen molar-refractivity contribution in [1.82, 2.24) is 14.8 Å². The lowest BCUT2D eigenvalue weighted by Gasteiger charge is -2.33. The average molecular weight is 480 g/mol. The van der Waals surface area contributed by atoms with Gasteiger partial charge in [0.15, 0.2) is 5.43 Å². The molecule has 36 heavy (non-hydrogen) atoms. The van der Waals surface area contributed by atoms with E-state index in [0.29, 0.717) is 46.6 Å². The fourth-order valence-electron chi connectivity index (χ4n) is 5.12. The van der Waals surface area contributed by atoms with Crippen molar-refractivity contribution < 1.29 is 14.3 Å². The molecular weight excluding hydrogens is 454 g/mol. The van der Waals surface area contributed by atoms with Gasteiger partial charge in [-0.2, -0.15) is 0 Å². The molecule has 1 aliphatic heterocycles. The third kappa shape index (κ3) is 3.69. The van der Waals surface area contributed by atoms with Crippen molar-refractivity contribution in [2.75, 3.05) is 33.2 Å². The summed E-state index contributed by atoms with van der Waals surface area (Å²) in [5.41, 5.74) is 3.15. The predicted molar refractivity (Wildman–Crippen MR) is 138 cm³/mol. The SMILES string of the molecule is CN1CCN(C(=O)C2=Cc3c(oc4cc(O)ccc4c3=O)C(c3ccccn3)c3ccccc32)CC1. The number of pyridine rings is 1. The van der Waals surface area contributed by atoms with E-state index >= 15 is 0 Å². The van der Waals surface area contributed by atoms with E-state index in [1.807, 2.05) is 54.4 Å². The summed E-state index contributed by atoms with van der Waals surface area (Å²) in [7, 11) is 2.05. The van der Waals surface area contributed by atoms with Gasteiger partial charge in [0.05, 0.1) is 22.6 Å². The largest absolute Gasteiger partial charge is 0.508 e. The fourth-order valence-corrected chi connectivity index (χ4v) is 5.12. The molecule has 1 unspecified atom stereocenters. The van der Waals surface area contributed by atoms with Crippen LogP contribution in [0.15, 0.2) is 76.1 Å². The summed E-state index contributed by atoms with van der Waals surface area (Å²) in [5.74, 6) is -0.194. The highest BCUT2D eigenvalue weighted by Gasteiger charge is 2.34. The number of piperazine rings is 1. The maximum absolute atomic E-state index is 13.9. The van der Waals surface area contributed by atoms with Crippen LogP contribution in [0.25, 0.3) is 22.6 Å². The van der Waals surface area contributed by atoms with Crippen molar-refractivity contribution in [3.63, 3.8) is 0 Å². The van der Waals surface area contributed by atoms with E-state index in [9.17, 15) is 14.7 Å². The van der Waals surface area contributed by atoms with Crippen LogP contribution in [0.2, 0.25) is 0 Å². The number of hydrogen-bond acceptors (Lipinski definition) is 6. The summed E-state index contributed by atoms with van der Waals surface area (Å²) < 4.78 is 6.36. The van der Waals surface area contributed by atoms with Gasteiger partial charge in [0.25, 0.3) is 5.91 Å². The molecule has 7 heteroatoms. The zero-order valence-electron chi connectivity index (χ0n) is 19.8. The molecule has 180 valence electrons. The van der Waals surface area contributed by atoms with Crippen LogP contribution in [-0.4, -0.2) is 59.0 Å². The van der Waals surface area contributed by atoms with Gasteiger partial charge in [-0.3, -0.25) is 14.6 Å². The van der Waals surface area contributed by atoms with Crippen LogP contribution in [0.1, 0.15) is 34.1 Å². The first-order chi connectivity index (χ1) is 17.5. The first-order valence-electron chi connectivity index (χ1n) is 12.0. The zero-order valence-corrected chi connectivity index (χ0v) is 19.8. The lowest BCUT2D eigenvalue weighted by molar-refractivity contribution is -0.126. The van der Waals surface area contributed by atoms with Gasteiger partial charge in [0.1, 0.15) is 17.1 Å². The van der Waals surface area contributed by atoms with E-state index in [4.69, 9.17) is 4.42 Å². The zero-order chi connectivity index (χ0) is 24.8. The van der Waals surface area contributed by atoms with Crippen LogP contribution in [0.5, 0.6) is 5.75 Å². The Morgan fingerprint density at radius 1 is 1.03 bits per heavy atom. The standard InChI is InChI=1S/C29H25N3O4/c1-31-12-14-32(15-13-31)29(35)22-17-23-27(34)21-10-9-18(33)16-25(21)36-28(23)26(24-8-4-5-11-30-24)20-7-3-2-6-19(20)22/h2-11,16-17,26,33H,12-15H2,1H3. The van der Waals surface area contributed by atoms with E-state index in [0.717, 1.165) is 24.2 Å². The molecule has 1 amide bonds. The molecule has 3 heterocycles. The number of rotatable bonds is 2. The van der Waals surface area contributed by atoms with E-state index in [1.54, 1.807) is 18.3 Å². The molecule has 1 saturated heterocycles. The number of benzene rings is 2. The number of phenols is 1. The molecule has 4 aromatic rings. The Kier molecular flexibility index (Phi) is 5.42. The van der Waals surface area contributed by atoms with Crippen LogP contribution in [0.4, 0.5) is 0 Å². The number of carbonyl (C=O) groups excluding carboxylic acids is 1. The first kappa shape index (κ1) is 22.2. The van der Waals surface area contributed by atoms with Crippen LogP contribution in [-0.2, 0) is 4.79 Å². The summed E-state index contributed by atoms with van der Waals surface area (Å²) in [6, 6.07) is 17.8. The minimum atomic E-state index is -0.508. The summed E-state index contributed by atoms with van der Waals surface area (Å²) in [6.07, 6.45) is 3.40. The molecule has 2 aromatic carbocycles. The number of carbonyl (C=O) groups is 1. The molecule has 2 aromatic heterocycles. The maximum atomic E-state index is 13.9. The van der Waals surface area contributed by atoms with Gasteiger partial charge in [0, 0.05) is 44.0 Å². The van der Waals surface area contributed by atoms with Crippen molar-refractivity contribution in [2.45, 2.75) is 5.92 Å². The monoisotopic (exact) mass is 479 g/mol. The van der Waals surface area contributed by atoms with Crippen molar-refractivity contribution in [2.24, 2.45) is 0 Å². The van der Waals surface area contributed by atoms with Crippen molar-refractivity contribution in [3.05, 3.63) is 105 Å². The molecular formula is C29H25N3O4. The predicted octanol–water partition coefficient (Wildman–Crippen LogP) is 3.70. The van der Waals surface area contributed by atoms with Crippen molar-refractivity contribution in [1.29, 1.82) is 0 Å². The van der Waals surface area contributed by atoms with Crippen LogP contribution in [0, 0.1) is 0 Å². The van der Waals surface area contributed by atoms with Gasteiger partial charge < -0.3 is 19.3 Å². The number of fused-ring (bicyclic) bond motifs is 3. The lowest BCUT2D eigenvalue weighted by atomic mass is 9.87. The Morgan fingerprint density at radius 3 is 2.58 bits per heavy atom. The molecule has 0 spiro atoms. The molecule has 6 rings (SSSR count). The second-order valence-corrected chi connectivity index (χ2v) is 9.32. The Labute approximate surface area is 207 Å². The highest BCUT2D eigenvalue weighted by Crippen LogP contribution is 2.42. The second kappa shape index (κ2) is 8.77. The smallest absolute Gasteiger partial charge is 0.254 e. The second-order valence-electron chi connectivity index (χ2n) is 9.32. The van der Waals surface area contributed by atoms with E-state index in [-0.39, 0.29) is 17.1 Å². The van der Waals surface area contributed by atoms with Crippen molar-refractivity contribution in [3.8, 4) is 5.75 Å². The van der Waals surface area contributed by atoms with Gasteiger partial charge in [-0.1, -0.05) is 30.3 Å². The Bertz CT molecular complexity index is 1570. The highest BCUT2D eigenvalue weighted by atomic mass is 16.3. The third-order valence-electron chi connectivity index (χ3n) is 7.06. The van der Waals surface area contributed by atoms with Crippen LogP contribution in [0.3, 0.4) is 0 Å². The number of phenolic OH excluding ortho intramolecular Hbond substituents is 1. The van der Waals surface area contributed by atoms with Crippen LogP contribution < -0.4 is 5.43 Å². The Hall–Kier alpha value is -4.23. The van der Waals surface area contributed by atoms with Crippen LogP contribution >= 0.6 is 0 Å². The Morgan fingerprint density at radius 2 is 1.81 bits per heavy atom. The summed E-state index contributed by atoms with van der Waals surface area (Å²) in [6.45, 7) is 2.84. The number of amides is 1. The normalized spacial score (nSPS) is 17.8. The molecule has 1 N–H and O–H groups in total. The molecule has 2 aliphatic rings. The number of aromatic nitrogens is 1. The Balaban J connectivity index is 1.65. The first-order valence-corrected chi connectivity index (χ1v) is 12.0.